The van der Waals surface area contributed by atoms with Crippen molar-refractivity contribution >= 4 is 11.8 Å². The van der Waals surface area contributed by atoms with E-state index in [2.05, 4.69) is 30.3 Å². The summed E-state index contributed by atoms with van der Waals surface area (Å²) in [4.78, 5) is 2.62. The molecule has 0 radical (unpaired) electrons. The lowest BCUT2D eigenvalue weighted by molar-refractivity contribution is 0.269. The van der Waals surface area contributed by atoms with Gasteiger partial charge < -0.3 is 10.2 Å². The van der Waals surface area contributed by atoms with Gasteiger partial charge in [-0.15, -0.1) is 0 Å². The van der Waals surface area contributed by atoms with Gasteiger partial charge in [0, 0.05) is 24.4 Å². The van der Waals surface area contributed by atoms with E-state index in [0.717, 1.165) is 5.25 Å². The van der Waals surface area contributed by atoms with Gasteiger partial charge >= 0.3 is 0 Å². The summed E-state index contributed by atoms with van der Waals surface area (Å²) in [5.41, 5.74) is 0. The first-order chi connectivity index (χ1) is 6.76. The van der Waals surface area contributed by atoms with Crippen molar-refractivity contribution < 1.29 is 0 Å². The predicted octanol–water partition coefficient (Wildman–Crippen LogP) is 1.81. The zero-order chi connectivity index (χ0) is 10.4. The Labute approximate surface area is 92.8 Å². The molecule has 14 heavy (non-hydrogen) atoms. The van der Waals surface area contributed by atoms with E-state index in [1.807, 2.05) is 11.8 Å². The molecule has 1 saturated heterocycles. The van der Waals surface area contributed by atoms with Crippen LogP contribution in [0.3, 0.4) is 0 Å². The van der Waals surface area contributed by atoms with Crippen LogP contribution in [0.5, 0.6) is 0 Å². The molecule has 3 heteroatoms. The molecule has 0 amide bonds. The second-order valence-corrected chi connectivity index (χ2v) is 5.49. The first kappa shape index (κ1) is 12.3. The van der Waals surface area contributed by atoms with E-state index in [-0.39, 0.29) is 0 Å². The van der Waals surface area contributed by atoms with Gasteiger partial charge in [-0.3, -0.25) is 0 Å². The zero-order valence-electron chi connectivity index (χ0n) is 9.75. The number of hydrogen-bond acceptors (Lipinski definition) is 3. The Kier molecular flexibility index (Phi) is 5.90. The van der Waals surface area contributed by atoms with Gasteiger partial charge in [0.15, 0.2) is 0 Å². The van der Waals surface area contributed by atoms with Crippen molar-refractivity contribution in [3.05, 3.63) is 0 Å². The van der Waals surface area contributed by atoms with Gasteiger partial charge in [0.2, 0.25) is 0 Å². The smallest absolute Gasteiger partial charge is 0.0192 e. The van der Waals surface area contributed by atoms with Gasteiger partial charge in [0.25, 0.3) is 0 Å². The third-order valence-electron chi connectivity index (χ3n) is 2.97. The molecule has 84 valence electrons. The number of nitrogens with zero attached hydrogens (tertiary/aromatic N) is 1. The minimum Gasteiger partial charge on any atom is -0.313 e. The van der Waals surface area contributed by atoms with E-state index >= 15 is 0 Å². The summed E-state index contributed by atoms with van der Waals surface area (Å²) in [6.07, 6.45) is 4.76. The lowest BCUT2D eigenvalue weighted by Gasteiger charge is -2.25. The van der Waals surface area contributed by atoms with Crippen molar-refractivity contribution in [1.82, 2.24) is 10.2 Å². The SMILES string of the molecule is CCC1CN(CC(C)SC)CCCN1. The summed E-state index contributed by atoms with van der Waals surface area (Å²) in [7, 11) is 0. The van der Waals surface area contributed by atoms with Crippen LogP contribution in [0.15, 0.2) is 0 Å². The molecule has 2 atom stereocenters. The van der Waals surface area contributed by atoms with Crippen LogP contribution in [-0.2, 0) is 0 Å². The highest BCUT2D eigenvalue weighted by Gasteiger charge is 2.17. The third kappa shape index (κ3) is 4.20. The number of thioether (sulfide) groups is 1. The highest BCUT2D eigenvalue weighted by atomic mass is 32.2. The molecule has 1 heterocycles. The normalized spacial score (nSPS) is 27.2. The van der Waals surface area contributed by atoms with Crippen molar-refractivity contribution in [2.24, 2.45) is 0 Å². The summed E-state index contributed by atoms with van der Waals surface area (Å²) >= 11 is 1.97. The van der Waals surface area contributed by atoms with Crippen molar-refractivity contribution in [3.8, 4) is 0 Å². The second-order valence-electron chi connectivity index (χ2n) is 4.22. The molecule has 0 aliphatic carbocycles. The summed E-state index contributed by atoms with van der Waals surface area (Å²) in [6, 6.07) is 0.714. The molecule has 1 fully saturated rings. The van der Waals surface area contributed by atoms with Crippen LogP contribution >= 0.6 is 11.8 Å². The van der Waals surface area contributed by atoms with Crippen molar-refractivity contribution in [2.45, 2.75) is 38.0 Å². The van der Waals surface area contributed by atoms with Crippen LogP contribution in [0.25, 0.3) is 0 Å². The Hall–Kier alpha value is 0.270. The fourth-order valence-corrected chi connectivity index (χ4v) is 2.31. The minimum absolute atomic E-state index is 0.714. The maximum Gasteiger partial charge on any atom is 0.0192 e. The molecule has 0 aromatic heterocycles. The Balaban J connectivity index is 2.34. The lowest BCUT2D eigenvalue weighted by atomic mass is 10.2. The van der Waals surface area contributed by atoms with E-state index in [1.165, 1.54) is 39.0 Å². The van der Waals surface area contributed by atoms with Crippen LogP contribution in [-0.4, -0.2) is 48.6 Å². The standard InChI is InChI=1S/C11H24N2S/c1-4-11-9-13(7-5-6-12-11)8-10(2)14-3/h10-12H,4-9H2,1-3H3. The molecule has 0 aromatic carbocycles. The Morgan fingerprint density at radius 2 is 2.36 bits per heavy atom. The van der Waals surface area contributed by atoms with Crippen LogP contribution in [0, 0.1) is 0 Å². The topological polar surface area (TPSA) is 15.3 Å². The number of hydrogen-bond donors (Lipinski definition) is 1. The van der Waals surface area contributed by atoms with Gasteiger partial charge in [0.1, 0.15) is 0 Å². The van der Waals surface area contributed by atoms with Gasteiger partial charge in [-0.2, -0.15) is 11.8 Å². The quantitative estimate of drug-likeness (QED) is 0.771. The molecule has 0 aromatic rings. The average molecular weight is 216 g/mol. The molecule has 1 rings (SSSR count). The van der Waals surface area contributed by atoms with Gasteiger partial charge in [0.05, 0.1) is 0 Å². The maximum absolute atomic E-state index is 3.60. The van der Waals surface area contributed by atoms with Crippen molar-refractivity contribution in [3.63, 3.8) is 0 Å². The van der Waals surface area contributed by atoms with Gasteiger partial charge in [-0.1, -0.05) is 13.8 Å². The summed E-state index contributed by atoms with van der Waals surface area (Å²) in [6.45, 7) is 9.56. The van der Waals surface area contributed by atoms with E-state index in [9.17, 15) is 0 Å². The molecule has 0 bridgehead atoms. The van der Waals surface area contributed by atoms with Gasteiger partial charge in [-0.25, -0.2) is 0 Å². The number of rotatable bonds is 4. The lowest BCUT2D eigenvalue weighted by Crippen LogP contribution is -2.39. The second kappa shape index (κ2) is 6.70. The van der Waals surface area contributed by atoms with Crippen molar-refractivity contribution in [2.75, 3.05) is 32.4 Å². The van der Waals surface area contributed by atoms with Crippen LogP contribution in [0.4, 0.5) is 0 Å². The zero-order valence-corrected chi connectivity index (χ0v) is 10.6. The predicted molar refractivity (Wildman–Crippen MR) is 66.1 cm³/mol. The largest absolute Gasteiger partial charge is 0.313 e. The number of nitrogens with one attached hydrogen (secondary N) is 1. The van der Waals surface area contributed by atoms with Crippen LogP contribution in [0.2, 0.25) is 0 Å². The minimum atomic E-state index is 0.714. The Morgan fingerprint density at radius 1 is 1.57 bits per heavy atom. The summed E-state index contributed by atoms with van der Waals surface area (Å²) < 4.78 is 0. The van der Waals surface area contributed by atoms with E-state index in [1.54, 1.807) is 0 Å². The molecular weight excluding hydrogens is 192 g/mol. The molecule has 0 saturated carbocycles. The molecule has 0 spiro atoms. The highest BCUT2D eigenvalue weighted by Crippen LogP contribution is 2.10. The first-order valence-corrected chi connectivity index (χ1v) is 7.03. The molecule has 2 unspecified atom stereocenters. The Bertz CT molecular complexity index is 152. The highest BCUT2D eigenvalue weighted by molar-refractivity contribution is 7.99. The van der Waals surface area contributed by atoms with Crippen molar-refractivity contribution in [1.29, 1.82) is 0 Å². The molecule has 2 nitrogen and oxygen atoms in total. The molecule has 1 N–H and O–H groups in total. The summed E-state index contributed by atoms with van der Waals surface area (Å²) in [5.74, 6) is 0. The molecular formula is C11H24N2S. The third-order valence-corrected chi connectivity index (χ3v) is 3.93. The monoisotopic (exact) mass is 216 g/mol. The van der Waals surface area contributed by atoms with Gasteiger partial charge in [-0.05, 0) is 32.2 Å². The average Bonchev–Trinajstić information content (AvgIpc) is 2.42. The van der Waals surface area contributed by atoms with Crippen LogP contribution in [0.1, 0.15) is 26.7 Å². The van der Waals surface area contributed by atoms with E-state index in [4.69, 9.17) is 0 Å². The Morgan fingerprint density at radius 3 is 3.00 bits per heavy atom. The molecule has 1 aliphatic rings. The fraction of sp³-hybridized carbons (Fsp3) is 1.00. The van der Waals surface area contributed by atoms with Crippen LogP contribution < -0.4 is 5.32 Å². The summed E-state index contributed by atoms with van der Waals surface area (Å²) in [5, 5.41) is 4.37. The fourth-order valence-electron chi connectivity index (χ4n) is 1.95. The molecule has 1 aliphatic heterocycles. The maximum atomic E-state index is 3.60. The first-order valence-electron chi connectivity index (χ1n) is 5.74. The van der Waals surface area contributed by atoms with E-state index in [0.29, 0.717) is 6.04 Å². The van der Waals surface area contributed by atoms with E-state index < -0.39 is 0 Å².